The third-order valence-electron chi connectivity index (χ3n) is 2.79. The van der Waals surface area contributed by atoms with E-state index in [0.29, 0.717) is 0 Å². The molecule has 1 amide bonds. The standard InChI is InChI=1S/C13H20N2O3/c1-9(15-8-12(17)13(14)18)2-3-10-4-6-11(16)7-5-10/h4-7,9,12,15-17H,2-3,8H2,1H3,(H2,14,18). The first-order chi connectivity index (χ1) is 8.49. The Hall–Kier alpha value is -1.59. The summed E-state index contributed by atoms with van der Waals surface area (Å²) in [4.78, 5) is 10.6. The van der Waals surface area contributed by atoms with E-state index in [-0.39, 0.29) is 18.3 Å². The topological polar surface area (TPSA) is 95.6 Å². The molecule has 0 spiro atoms. The quantitative estimate of drug-likeness (QED) is 0.555. The number of aliphatic hydroxyl groups excluding tert-OH is 1. The SMILES string of the molecule is CC(CCc1ccc(O)cc1)NCC(O)C(N)=O. The van der Waals surface area contributed by atoms with Crippen LogP contribution in [0.25, 0.3) is 0 Å². The van der Waals surface area contributed by atoms with Gasteiger partial charge in [-0.2, -0.15) is 0 Å². The van der Waals surface area contributed by atoms with E-state index < -0.39 is 12.0 Å². The first-order valence-electron chi connectivity index (χ1n) is 5.97. The molecule has 0 saturated heterocycles. The number of nitrogens with two attached hydrogens (primary N) is 1. The Balaban J connectivity index is 2.26. The summed E-state index contributed by atoms with van der Waals surface area (Å²) in [7, 11) is 0. The van der Waals surface area contributed by atoms with E-state index in [0.717, 1.165) is 18.4 Å². The van der Waals surface area contributed by atoms with Gasteiger partial charge in [-0.3, -0.25) is 4.79 Å². The van der Waals surface area contributed by atoms with Gasteiger partial charge in [-0.15, -0.1) is 0 Å². The largest absolute Gasteiger partial charge is 0.508 e. The lowest BCUT2D eigenvalue weighted by Gasteiger charge is -2.15. The zero-order valence-electron chi connectivity index (χ0n) is 10.5. The summed E-state index contributed by atoms with van der Waals surface area (Å²) in [5.41, 5.74) is 6.08. The number of aliphatic hydroxyl groups is 1. The Labute approximate surface area is 107 Å². The second-order valence-electron chi connectivity index (χ2n) is 4.43. The number of amides is 1. The van der Waals surface area contributed by atoms with Crippen LogP contribution in [-0.2, 0) is 11.2 Å². The van der Waals surface area contributed by atoms with Crippen molar-refractivity contribution in [3.63, 3.8) is 0 Å². The van der Waals surface area contributed by atoms with Crippen LogP contribution in [0.5, 0.6) is 5.75 Å². The van der Waals surface area contributed by atoms with Crippen molar-refractivity contribution in [3.8, 4) is 5.75 Å². The fraction of sp³-hybridized carbons (Fsp3) is 0.462. The van der Waals surface area contributed by atoms with E-state index in [1.807, 2.05) is 19.1 Å². The molecule has 5 N–H and O–H groups in total. The number of carbonyl (C=O) groups is 1. The van der Waals surface area contributed by atoms with Gasteiger partial charge in [0.05, 0.1) is 0 Å². The monoisotopic (exact) mass is 252 g/mol. The van der Waals surface area contributed by atoms with E-state index in [1.165, 1.54) is 0 Å². The summed E-state index contributed by atoms with van der Waals surface area (Å²) in [5, 5.41) is 21.4. The summed E-state index contributed by atoms with van der Waals surface area (Å²) < 4.78 is 0. The van der Waals surface area contributed by atoms with E-state index in [1.54, 1.807) is 12.1 Å². The minimum atomic E-state index is -1.14. The molecule has 18 heavy (non-hydrogen) atoms. The molecule has 1 aromatic rings. The maximum absolute atomic E-state index is 10.6. The number of hydrogen-bond acceptors (Lipinski definition) is 4. The lowest BCUT2D eigenvalue weighted by molar-refractivity contribution is -0.125. The number of nitrogens with one attached hydrogen (secondary N) is 1. The number of phenolic OH excluding ortho intramolecular Hbond substituents is 1. The van der Waals surface area contributed by atoms with Gasteiger partial charge in [0.2, 0.25) is 5.91 Å². The Kier molecular flexibility index (Phi) is 5.61. The minimum Gasteiger partial charge on any atom is -0.508 e. The highest BCUT2D eigenvalue weighted by atomic mass is 16.3. The number of rotatable bonds is 7. The Morgan fingerprint density at radius 1 is 1.39 bits per heavy atom. The van der Waals surface area contributed by atoms with Gasteiger partial charge in [0, 0.05) is 12.6 Å². The summed E-state index contributed by atoms with van der Waals surface area (Å²) in [6.07, 6.45) is 0.596. The lowest BCUT2D eigenvalue weighted by atomic mass is 10.1. The molecule has 0 aliphatic rings. The molecule has 0 aliphatic carbocycles. The fourth-order valence-electron chi connectivity index (χ4n) is 1.56. The molecule has 0 aliphatic heterocycles. The molecule has 5 nitrogen and oxygen atoms in total. The summed E-state index contributed by atoms with van der Waals surface area (Å²) in [5.74, 6) is -0.456. The van der Waals surface area contributed by atoms with E-state index >= 15 is 0 Å². The van der Waals surface area contributed by atoms with Crippen molar-refractivity contribution in [2.75, 3.05) is 6.54 Å². The van der Waals surface area contributed by atoms with Gasteiger partial charge in [-0.05, 0) is 37.5 Å². The van der Waals surface area contributed by atoms with E-state index in [2.05, 4.69) is 5.32 Å². The minimum absolute atomic E-state index is 0.173. The van der Waals surface area contributed by atoms with Crippen molar-refractivity contribution < 1.29 is 15.0 Å². The highest BCUT2D eigenvalue weighted by Crippen LogP contribution is 2.11. The van der Waals surface area contributed by atoms with Crippen LogP contribution < -0.4 is 11.1 Å². The van der Waals surface area contributed by atoms with E-state index in [9.17, 15) is 9.90 Å². The molecule has 0 fully saturated rings. The fourth-order valence-corrected chi connectivity index (χ4v) is 1.56. The van der Waals surface area contributed by atoms with Crippen LogP contribution in [0.15, 0.2) is 24.3 Å². The Morgan fingerprint density at radius 2 is 2.00 bits per heavy atom. The zero-order chi connectivity index (χ0) is 13.5. The third-order valence-corrected chi connectivity index (χ3v) is 2.79. The van der Waals surface area contributed by atoms with Crippen molar-refractivity contribution in [2.24, 2.45) is 5.73 Å². The third kappa shape index (κ3) is 5.16. The van der Waals surface area contributed by atoms with Crippen molar-refractivity contribution in [2.45, 2.75) is 31.9 Å². The lowest BCUT2D eigenvalue weighted by Crippen LogP contribution is -2.40. The molecule has 0 bridgehead atoms. The average Bonchev–Trinajstić information content (AvgIpc) is 2.35. The van der Waals surface area contributed by atoms with Crippen LogP contribution in [0.1, 0.15) is 18.9 Å². The van der Waals surface area contributed by atoms with Crippen molar-refractivity contribution in [1.82, 2.24) is 5.32 Å². The molecule has 2 atom stereocenters. The molecular weight excluding hydrogens is 232 g/mol. The van der Waals surface area contributed by atoms with Crippen LogP contribution >= 0.6 is 0 Å². The highest BCUT2D eigenvalue weighted by Gasteiger charge is 2.11. The van der Waals surface area contributed by atoms with Gasteiger partial charge in [-0.25, -0.2) is 0 Å². The number of phenols is 1. The van der Waals surface area contributed by atoms with Gasteiger partial charge in [0.15, 0.2) is 0 Å². The number of aryl methyl sites for hydroxylation is 1. The number of benzene rings is 1. The maximum atomic E-state index is 10.6. The Bertz CT molecular complexity index is 378. The summed E-state index contributed by atoms with van der Waals surface area (Å²) in [6, 6.07) is 7.24. The number of hydrogen-bond donors (Lipinski definition) is 4. The highest BCUT2D eigenvalue weighted by molar-refractivity contribution is 5.78. The first-order valence-corrected chi connectivity index (χ1v) is 5.97. The molecule has 1 rings (SSSR count). The summed E-state index contributed by atoms with van der Waals surface area (Å²) >= 11 is 0. The number of aromatic hydroxyl groups is 1. The van der Waals surface area contributed by atoms with Crippen LogP contribution in [0.3, 0.4) is 0 Å². The molecule has 0 aromatic heterocycles. The zero-order valence-corrected chi connectivity index (χ0v) is 10.5. The molecule has 2 unspecified atom stereocenters. The molecule has 100 valence electrons. The van der Waals surface area contributed by atoms with Gasteiger partial charge in [0.25, 0.3) is 0 Å². The van der Waals surface area contributed by atoms with Crippen LogP contribution in [-0.4, -0.2) is 34.8 Å². The van der Waals surface area contributed by atoms with Crippen molar-refractivity contribution in [3.05, 3.63) is 29.8 Å². The maximum Gasteiger partial charge on any atom is 0.247 e. The Morgan fingerprint density at radius 3 is 2.56 bits per heavy atom. The van der Waals surface area contributed by atoms with Crippen molar-refractivity contribution >= 4 is 5.91 Å². The van der Waals surface area contributed by atoms with Crippen LogP contribution in [0.4, 0.5) is 0 Å². The average molecular weight is 252 g/mol. The van der Waals surface area contributed by atoms with Gasteiger partial charge in [-0.1, -0.05) is 12.1 Å². The number of primary amides is 1. The van der Waals surface area contributed by atoms with Gasteiger partial charge < -0.3 is 21.3 Å². The molecule has 0 heterocycles. The normalized spacial score (nSPS) is 14.1. The number of carbonyl (C=O) groups excluding carboxylic acids is 1. The smallest absolute Gasteiger partial charge is 0.247 e. The van der Waals surface area contributed by atoms with E-state index in [4.69, 9.17) is 10.8 Å². The summed E-state index contributed by atoms with van der Waals surface area (Å²) in [6.45, 7) is 2.15. The molecular formula is C13H20N2O3. The second-order valence-corrected chi connectivity index (χ2v) is 4.43. The van der Waals surface area contributed by atoms with Gasteiger partial charge >= 0.3 is 0 Å². The van der Waals surface area contributed by atoms with Crippen molar-refractivity contribution in [1.29, 1.82) is 0 Å². The second kappa shape index (κ2) is 6.98. The molecule has 1 aromatic carbocycles. The van der Waals surface area contributed by atoms with Gasteiger partial charge in [0.1, 0.15) is 11.9 Å². The molecule has 0 radical (unpaired) electrons. The first kappa shape index (κ1) is 14.5. The van der Waals surface area contributed by atoms with Crippen LogP contribution in [0, 0.1) is 0 Å². The molecule has 5 heteroatoms. The van der Waals surface area contributed by atoms with Crippen LogP contribution in [0.2, 0.25) is 0 Å². The molecule has 0 saturated carbocycles. The predicted octanol–water partition coefficient (Wildman–Crippen LogP) is 0.149. The predicted molar refractivity (Wildman–Crippen MR) is 69.1 cm³/mol.